The molecule has 8 N–H and O–H groups in total. The maximum absolute atomic E-state index is 12.5. The molecule has 0 rings (SSSR count). The lowest BCUT2D eigenvalue weighted by Crippen LogP contribution is -2.60. The van der Waals surface area contributed by atoms with Gasteiger partial charge in [-0.1, -0.05) is 20.3 Å². The summed E-state index contributed by atoms with van der Waals surface area (Å²) < 4.78 is 0. The van der Waals surface area contributed by atoms with Gasteiger partial charge in [-0.25, -0.2) is 4.79 Å². The average molecular weight is 390 g/mol. The van der Waals surface area contributed by atoms with Crippen molar-refractivity contribution in [1.82, 2.24) is 16.0 Å². The molecule has 0 bridgehead atoms. The van der Waals surface area contributed by atoms with Gasteiger partial charge in [-0.15, -0.1) is 0 Å². The van der Waals surface area contributed by atoms with Gasteiger partial charge in [-0.2, -0.15) is 0 Å². The molecule has 0 aromatic carbocycles. The fourth-order valence-corrected chi connectivity index (χ4v) is 2.08. The standard InChI is InChI=1S/C16H30N4O7/c1-5-7(2)11(19-13(23)8(3)17)15(25)18-10(6-21)14(24)20-12(9(4)22)16(26)27/h7-12,21-22H,5-6,17H2,1-4H3,(H,18,25)(H,19,23)(H,20,24)(H,26,27). The Morgan fingerprint density at radius 1 is 0.926 bits per heavy atom. The highest BCUT2D eigenvalue weighted by atomic mass is 16.4. The number of nitrogens with one attached hydrogen (secondary N) is 3. The summed E-state index contributed by atoms with van der Waals surface area (Å²) in [6.07, 6.45) is -0.851. The van der Waals surface area contributed by atoms with Crippen LogP contribution in [0.1, 0.15) is 34.1 Å². The van der Waals surface area contributed by atoms with Crippen LogP contribution >= 0.6 is 0 Å². The molecule has 0 fully saturated rings. The molecule has 156 valence electrons. The molecule has 0 spiro atoms. The maximum Gasteiger partial charge on any atom is 0.328 e. The Kier molecular flexibility index (Phi) is 10.5. The third-order valence-corrected chi connectivity index (χ3v) is 4.07. The van der Waals surface area contributed by atoms with E-state index in [1.807, 2.05) is 5.32 Å². The zero-order valence-electron chi connectivity index (χ0n) is 15.9. The molecule has 0 saturated heterocycles. The van der Waals surface area contributed by atoms with Gasteiger partial charge in [0, 0.05) is 0 Å². The Morgan fingerprint density at radius 2 is 1.44 bits per heavy atom. The van der Waals surface area contributed by atoms with Crippen LogP contribution in [0.15, 0.2) is 0 Å². The number of aliphatic carboxylic acids is 1. The Hall–Kier alpha value is -2.24. The number of nitrogens with two attached hydrogens (primary N) is 1. The summed E-state index contributed by atoms with van der Waals surface area (Å²) in [5.74, 6) is -4.03. The fraction of sp³-hybridized carbons (Fsp3) is 0.750. The average Bonchev–Trinajstić information content (AvgIpc) is 2.59. The minimum Gasteiger partial charge on any atom is -0.480 e. The predicted molar refractivity (Wildman–Crippen MR) is 95.3 cm³/mol. The van der Waals surface area contributed by atoms with Crippen molar-refractivity contribution in [3.63, 3.8) is 0 Å². The van der Waals surface area contributed by atoms with E-state index in [0.717, 1.165) is 0 Å². The van der Waals surface area contributed by atoms with E-state index in [1.165, 1.54) is 13.8 Å². The first-order chi connectivity index (χ1) is 12.5. The lowest BCUT2D eigenvalue weighted by Gasteiger charge is -2.27. The zero-order chi connectivity index (χ0) is 21.3. The number of aliphatic hydroxyl groups excluding tert-OH is 2. The van der Waals surface area contributed by atoms with E-state index in [-0.39, 0.29) is 5.92 Å². The highest BCUT2D eigenvalue weighted by Gasteiger charge is 2.32. The van der Waals surface area contributed by atoms with Gasteiger partial charge < -0.3 is 37.0 Å². The molecule has 27 heavy (non-hydrogen) atoms. The van der Waals surface area contributed by atoms with Gasteiger partial charge in [0.1, 0.15) is 12.1 Å². The monoisotopic (exact) mass is 390 g/mol. The van der Waals surface area contributed by atoms with Crippen molar-refractivity contribution in [2.45, 2.75) is 64.4 Å². The van der Waals surface area contributed by atoms with Gasteiger partial charge in [-0.05, 0) is 19.8 Å². The van der Waals surface area contributed by atoms with Crippen LogP contribution < -0.4 is 21.7 Å². The van der Waals surface area contributed by atoms with Crippen molar-refractivity contribution in [2.75, 3.05) is 6.61 Å². The number of hydrogen-bond donors (Lipinski definition) is 7. The number of carbonyl (C=O) groups is 4. The summed E-state index contributed by atoms with van der Waals surface area (Å²) in [5, 5.41) is 34.6. The maximum atomic E-state index is 12.5. The predicted octanol–water partition coefficient (Wildman–Crippen LogP) is -2.71. The second-order valence-electron chi connectivity index (χ2n) is 6.47. The third kappa shape index (κ3) is 7.89. The van der Waals surface area contributed by atoms with Crippen molar-refractivity contribution < 1.29 is 34.5 Å². The molecule has 11 heteroatoms. The van der Waals surface area contributed by atoms with E-state index in [9.17, 15) is 29.4 Å². The molecule has 3 amide bonds. The van der Waals surface area contributed by atoms with Crippen LogP contribution in [0.2, 0.25) is 0 Å². The highest BCUT2D eigenvalue weighted by molar-refractivity contribution is 5.94. The summed E-state index contributed by atoms with van der Waals surface area (Å²) in [6.45, 7) is 5.34. The van der Waals surface area contributed by atoms with E-state index in [4.69, 9.17) is 10.8 Å². The third-order valence-electron chi connectivity index (χ3n) is 4.07. The lowest BCUT2D eigenvalue weighted by atomic mass is 9.97. The number of rotatable bonds is 11. The molecule has 0 heterocycles. The van der Waals surface area contributed by atoms with E-state index >= 15 is 0 Å². The first-order valence-electron chi connectivity index (χ1n) is 8.64. The Morgan fingerprint density at radius 3 is 1.81 bits per heavy atom. The van der Waals surface area contributed by atoms with Gasteiger partial charge in [0.15, 0.2) is 6.04 Å². The van der Waals surface area contributed by atoms with E-state index in [2.05, 4.69) is 10.6 Å². The summed E-state index contributed by atoms with van der Waals surface area (Å²) in [7, 11) is 0. The molecule has 0 aliphatic carbocycles. The van der Waals surface area contributed by atoms with Crippen molar-refractivity contribution in [3.05, 3.63) is 0 Å². The number of amides is 3. The first kappa shape index (κ1) is 24.8. The molecular formula is C16H30N4O7. The smallest absolute Gasteiger partial charge is 0.328 e. The summed E-state index contributed by atoms with van der Waals surface area (Å²) in [4.78, 5) is 47.5. The Labute approximate surface area is 157 Å². The van der Waals surface area contributed by atoms with Gasteiger partial charge in [-0.3, -0.25) is 14.4 Å². The topological polar surface area (TPSA) is 191 Å². The number of carboxylic acid groups (broad SMARTS) is 1. The van der Waals surface area contributed by atoms with Crippen molar-refractivity contribution in [3.8, 4) is 0 Å². The van der Waals surface area contributed by atoms with Crippen LogP contribution in [0.25, 0.3) is 0 Å². The van der Waals surface area contributed by atoms with E-state index in [0.29, 0.717) is 6.42 Å². The Balaban J connectivity index is 5.21. The molecule has 0 saturated carbocycles. The molecule has 0 aliphatic heterocycles. The zero-order valence-corrected chi connectivity index (χ0v) is 15.9. The van der Waals surface area contributed by atoms with Crippen LogP contribution in [0.3, 0.4) is 0 Å². The van der Waals surface area contributed by atoms with Crippen molar-refractivity contribution >= 4 is 23.7 Å². The molecule has 0 aromatic rings. The Bertz CT molecular complexity index is 539. The minimum absolute atomic E-state index is 0.292. The molecule has 0 aromatic heterocycles. The first-order valence-corrected chi connectivity index (χ1v) is 8.64. The van der Waals surface area contributed by atoms with Crippen LogP contribution in [0.5, 0.6) is 0 Å². The van der Waals surface area contributed by atoms with Gasteiger partial charge in [0.25, 0.3) is 0 Å². The SMILES string of the molecule is CCC(C)C(NC(=O)C(C)N)C(=O)NC(CO)C(=O)NC(C(=O)O)C(C)O. The molecule has 6 unspecified atom stereocenters. The second kappa shape index (κ2) is 11.5. The number of carbonyl (C=O) groups excluding carboxylic acids is 3. The molecule has 6 atom stereocenters. The highest BCUT2D eigenvalue weighted by Crippen LogP contribution is 2.09. The van der Waals surface area contributed by atoms with Gasteiger partial charge >= 0.3 is 5.97 Å². The summed E-state index contributed by atoms with van der Waals surface area (Å²) in [5.41, 5.74) is 5.49. The largest absolute Gasteiger partial charge is 0.480 e. The number of aliphatic hydroxyl groups is 2. The van der Waals surface area contributed by atoms with Crippen LogP contribution in [0, 0.1) is 5.92 Å². The van der Waals surface area contributed by atoms with Crippen LogP contribution in [-0.4, -0.2) is 75.9 Å². The minimum atomic E-state index is -1.60. The normalized spacial score (nSPS) is 17.6. The van der Waals surface area contributed by atoms with Crippen molar-refractivity contribution in [2.24, 2.45) is 11.7 Å². The lowest BCUT2D eigenvalue weighted by molar-refractivity contribution is -0.145. The van der Waals surface area contributed by atoms with E-state index in [1.54, 1.807) is 13.8 Å². The van der Waals surface area contributed by atoms with E-state index < -0.39 is 60.6 Å². The molecule has 0 radical (unpaired) electrons. The van der Waals surface area contributed by atoms with Gasteiger partial charge in [0.2, 0.25) is 17.7 Å². The van der Waals surface area contributed by atoms with Crippen molar-refractivity contribution in [1.29, 1.82) is 0 Å². The van der Waals surface area contributed by atoms with Gasteiger partial charge in [0.05, 0.1) is 18.8 Å². The fourth-order valence-electron chi connectivity index (χ4n) is 2.08. The number of hydrogen-bond acceptors (Lipinski definition) is 7. The second-order valence-corrected chi connectivity index (χ2v) is 6.47. The van der Waals surface area contributed by atoms with Crippen LogP contribution in [-0.2, 0) is 19.2 Å². The molecular weight excluding hydrogens is 360 g/mol. The molecule has 0 aliphatic rings. The summed E-state index contributed by atoms with van der Waals surface area (Å²) in [6, 6.07) is -4.91. The summed E-state index contributed by atoms with van der Waals surface area (Å²) >= 11 is 0. The molecule has 11 nitrogen and oxygen atoms in total. The number of carboxylic acids is 1. The van der Waals surface area contributed by atoms with Crippen LogP contribution in [0.4, 0.5) is 0 Å². The quantitative estimate of drug-likeness (QED) is 0.198.